The highest BCUT2D eigenvalue weighted by Gasteiger charge is 1.94. The van der Waals surface area contributed by atoms with Crippen molar-refractivity contribution in [1.29, 1.82) is 5.26 Å². The smallest absolute Gasteiger partial charge is 0.0991 e. The zero-order chi connectivity index (χ0) is 10.9. The van der Waals surface area contributed by atoms with Crippen molar-refractivity contribution in [2.75, 3.05) is 5.75 Å². The Labute approximate surface area is 96.5 Å². The van der Waals surface area contributed by atoms with Gasteiger partial charge in [-0.25, -0.2) is 0 Å². The Morgan fingerprint density at radius 2 is 1.93 bits per heavy atom. The predicted octanol–water partition coefficient (Wildman–Crippen LogP) is 3.98. The van der Waals surface area contributed by atoms with Crippen LogP contribution in [0.1, 0.15) is 37.3 Å². The summed E-state index contributed by atoms with van der Waals surface area (Å²) < 4.78 is 0. The number of thioether (sulfide) groups is 1. The molecule has 1 rings (SSSR count). The number of hydrogen-bond donors (Lipinski definition) is 0. The van der Waals surface area contributed by atoms with Crippen molar-refractivity contribution in [3.63, 3.8) is 0 Å². The number of nitrogens with zero attached hydrogens (tertiary/aromatic N) is 1. The van der Waals surface area contributed by atoms with E-state index < -0.39 is 0 Å². The average Bonchev–Trinajstić information content (AvgIpc) is 2.30. The van der Waals surface area contributed by atoms with Crippen LogP contribution < -0.4 is 0 Å². The van der Waals surface area contributed by atoms with Gasteiger partial charge in [0, 0.05) is 5.75 Å². The summed E-state index contributed by atoms with van der Waals surface area (Å²) in [6, 6.07) is 10.0. The molecule has 15 heavy (non-hydrogen) atoms. The van der Waals surface area contributed by atoms with Crippen LogP contribution in [0.15, 0.2) is 24.3 Å². The van der Waals surface area contributed by atoms with Crippen LogP contribution in [-0.2, 0) is 5.75 Å². The van der Waals surface area contributed by atoms with E-state index in [2.05, 4.69) is 13.0 Å². The lowest BCUT2D eigenvalue weighted by atomic mass is 10.2. The third-order valence-corrected chi connectivity index (χ3v) is 3.36. The maximum atomic E-state index is 8.65. The minimum atomic E-state index is 0.745. The molecule has 1 nitrogen and oxygen atoms in total. The molecule has 1 aromatic rings. The van der Waals surface area contributed by atoms with Crippen molar-refractivity contribution in [1.82, 2.24) is 0 Å². The lowest BCUT2D eigenvalue weighted by Crippen LogP contribution is -1.84. The first-order valence-electron chi connectivity index (χ1n) is 5.43. The van der Waals surface area contributed by atoms with E-state index in [0.717, 1.165) is 11.3 Å². The molecule has 0 fully saturated rings. The van der Waals surface area contributed by atoms with Gasteiger partial charge >= 0.3 is 0 Å². The normalized spacial score (nSPS) is 9.87. The summed E-state index contributed by atoms with van der Waals surface area (Å²) in [4.78, 5) is 0. The third-order valence-electron chi connectivity index (χ3n) is 2.24. The van der Waals surface area contributed by atoms with Crippen LogP contribution in [0, 0.1) is 11.3 Å². The molecule has 0 aliphatic heterocycles. The highest BCUT2D eigenvalue weighted by Crippen LogP contribution is 2.14. The van der Waals surface area contributed by atoms with Gasteiger partial charge in [-0.15, -0.1) is 0 Å². The van der Waals surface area contributed by atoms with E-state index in [9.17, 15) is 0 Å². The lowest BCUT2D eigenvalue weighted by Gasteiger charge is -2.01. The Kier molecular flexibility index (Phi) is 5.96. The summed E-state index contributed by atoms with van der Waals surface area (Å²) in [5, 5.41) is 8.65. The van der Waals surface area contributed by atoms with E-state index in [1.165, 1.54) is 30.6 Å². The van der Waals surface area contributed by atoms with Gasteiger partial charge in [-0.05, 0) is 29.9 Å². The number of benzene rings is 1. The Bertz CT molecular complexity index is 310. The van der Waals surface area contributed by atoms with Crippen LogP contribution >= 0.6 is 11.8 Å². The molecular weight excluding hydrogens is 202 g/mol. The molecule has 0 aromatic heterocycles. The van der Waals surface area contributed by atoms with Crippen molar-refractivity contribution in [3.05, 3.63) is 35.4 Å². The standard InChI is InChI=1S/C13H17NS/c1-2-3-4-9-15-11-13-7-5-12(10-14)6-8-13/h5-8H,2-4,9,11H2,1H3. The van der Waals surface area contributed by atoms with Crippen LogP contribution in [0.5, 0.6) is 0 Å². The molecule has 0 aliphatic carbocycles. The van der Waals surface area contributed by atoms with E-state index in [0.29, 0.717) is 0 Å². The molecule has 0 radical (unpaired) electrons. The predicted molar refractivity (Wildman–Crippen MR) is 66.8 cm³/mol. The van der Waals surface area contributed by atoms with Gasteiger partial charge in [0.1, 0.15) is 0 Å². The third kappa shape index (κ3) is 4.90. The second-order valence-corrected chi connectivity index (χ2v) is 4.67. The van der Waals surface area contributed by atoms with Crippen LogP contribution in [0.25, 0.3) is 0 Å². The first kappa shape index (κ1) is 12.1. The molecule has 0 aliphatic rings. The van der Waals surface area contributed by atoms with Crippen LogP contribution in [0.3, 0.4) is 0 Å². The maximum absolute atomic E-state index is 8.65. The molecule has 0 atom stereocenters. The highest BCUT2D eigenvalue weighted by atomic mass is 32.2. The quantitative estimate of drug-likeness (QED) is 0.676. The average molecular weight is 219 g/mol. The van der Waals surface area contributed by atoms with Crippen LogP contribution in [0.2, 0.25) is 0 Å². The minimum absolute atomic E-state index is 0.745. The summed E-state index contributed by atoms with van der Waals surface area (Å²) in [6.45, 7) is 2.23. The van der Waals surface area contributed by atoms with Gasteiger partial charge in [-0.3, -0.25) is 0 Å². The molecular formula is C13H17NS. The number of nitriles is 1. The van der Waals surface area contributed by atoms with E-state index in [4.69, 9.17) is 5.26 Å². The zero-order valence-electron chi connectivity index (χ0n) is 9.20. The molecule has 80 valence electrons. The topological polar surface area (TPSA) is 23.8 Å². The Balaban J connectivity index is 2.23. The largest absolute Gasteiger partial charge is 0.192 e. The van der Waals surface area contributed by atoms with E-state index >= 15 is 0 Å². The molecule has 2 heteroatoms. The summed E-state index contributed by atoms with van der Waals surface area (Å²) in [7, 11) is 0. The van der Waals surface area contributed by atoms with Crippen LogP contribution in [-0.4, -0.2) is 5.75 Å². The van der Waals surface area contributed by atoms with Gasteiger partial charge in [0.05, 0.1) is 11.6 Å². The van der Waals surface area contributed by atoms with E-state index in [1.54, 1.807) is 0 Å². The van der Waals surface area contributed by atoms with Gasteiger partial charge < -0.3 is 0 Å². The molecule has 0 amide bonds. The van der Waals surface area contributed by atoms with Gasteiger partial charge in [-0.2, -0.15) is 17.0 Å². The van der Waals surface area contributed by atoms with E-state index in [-0.39, 0.29) is 0 Å². The van der Waals surface area contributed by atoms with Gasteiger partial charge in [-0.1, -0.05) is 31.9 Å². The summed E-state index contributed by atoms with van der Waals surface area (Å²) in [5.74, 6) is 2.31. The van der Waals surface area contributed by atoms with E-state index in [1.807, 2.05) is 36.0 Å². The first-order valence-corrected chi connectivity index (χ1v) is 6.59. The zero-order valence-corrected chi connectivity index (χ0v) is 10.0. The SMILES string of the molecule is CCCCCSCc1ccc(C#N)cc1. The highest BCUT2D eigenvalue weighted by molar-refractivity contribution is 7.98. The fourth-order valence-electron chi connectivity index (χ4n) is 1.32. The Morgan fingerprint density at radius 3 is 2.53 bits per heavy atom. The molecule has 0 unspecified atom stereocenters. The van der Waals surface area contributed by atoms with Crippen molar-refractivity contribution in [2.45, 2.75) is 31.9 Å². The Hall–Kier alpha value is -0.940. The molecule has 0 saturated carbocycles. The van der Waals surface area contributed by atoms with Gasteiger partial charge in [0.2, 0.25) is 0 Å². The lowest BCUT2D eigenvalue weighted by molar-refractivity contribution is 0.778. The van der Waals surface area contributed by atoms with Gasteiger partial charge in [0.15, 0.2) is 0 Å². The second kappa shape index (κ2) is 7.36. The molecule has 1 aromatic carbocycles. The monoisotopic (exact) mass is 219 g/mol. The maximum Gasteiger partial charge on any atom is 0.0991 e. The van der Waals surface area contributed by atoms with Crippen molar-refractivity contribution in [3.8, 4) is 6.07 Å². The number of unbranched alkanes of at least 4 members (excludes halogenated alkanes) is 2. The van der Waals surface area contributed by atoms with Crippen molar-refractivity contribution < 1.29 is 0 Å². The summed E-state index contributed by atoms with van der Waals surface area (Å²) in [6.07, 6.45) is 3.94. The van der Waals surface area contributed by atoms with Crippen molar-refractivity contribution >= 4 is 11.8 Å². The summed E-state index contributed by atoms with van der Waals surface area (Å²) >= 11 is 1.98. The molecule has 0 saturated heterocycles. The summed E-state index contributed by atoms with van der Waals surface area (Å²) in [5.41, 5.74) is 2.06. The van der Waals surface area contributed by atoms with Crippen molar-refractivity contribution in [2.24, 2.45) is 0 Å². The van der Waals surface area contributed by atoms with Crippen LogP contribution in [0.4, 0.5) is 0 Å². The molecule has 0 bridgehead atoms. The molecule has 0 spiro atoms. The fourth-order valence-corrected chi connectivity index (χ4v) is 2.30. The number of hydrogen-bond acceptors (Lipinski definition) is 2. The minimum Gasteiger partial charge on any atom is -0.192 e. The molecule has 0 N–H and O–H groups in total. The first-order chi connectivity index (χ1) is 7.36. The second-order valence-electron chi connectivity index (χ2n) is 3.57. The molecule has 0 heterocycles. The number of rotatable bonds is 6. The van der Waals surface area contributed by atoms with Gasteiger partial charge in [0.25, 0.3) is 0 Å². The Morgan fingerprint density at radius 1 is 1.20 bits per heavy atom. The fraction of sp³-hybridized carbons (Fsp3) is 0.462.